The van der Waals surface area contributed by atoms with Crippen LogP contribution in [0, 0.1) is 0 Å². The SMILES string of the molecule is CC[C@H](CO)N1CCN(S(=O)(=O)CCCF)CC1. The van der Waals surface area contributed by atoms with Gasteiger partial charge in [0.1, 0.15) is 0 Å². The van der Waals surface area contributed by atoms with Crippen LogP contribution in [0.25, 0.3) is 0 Å². The number of rotatable bonds is 7. The fourth-order valence-electron chi connectivity index (χ4n) is 2.22. The van der Waals surface area contributed by atoms with E-state index in [1.165, 1.54) is 4.31 Å². The van der Waals surface area contributed by atoms with Gasteiger partial charge in [-0.3, -0.25) is 9.29 Å². The molecule has 1 aliphatic rings. The van der Waals surface area contributed by atoms with Gasteiger partial charge in [-0.15, -0.1) is 0 Å². The van der Waals surface area contributed by atoms with E-state index in [0.717, 1.165) is 6.42 Å². The third kappa shape index (κ3) is 4.15. The monoisotopic (exact) mass is 282 g/mol. The molecule has 0 aromatic rings. The summed E-state index contributed by atoms with van der Waals surface area (Å²) in [5.74, 6) is -0.110. The van der Waals surface area contributed by atoms with Crippen LogP contribution in [0.2, 0.25) is 0 Å². The number of sulfonamides is 1. The summed E-state index contributed by atoms with van der Waals surface area (Å²) in [5, 5.41) is 9.20. The molecule has 0 saturated carbocycles. The van der Waals surface area contributed by atoms with E-state index in [2.05, 4.69) is 4.90 Å². The molecular formula is C11H23FN2O3S. The van der Waals surface area contributed by atoms with E-state index in [-0.39, 0.29) is 24.8 Å². The molecular weight excluding hydrogens is 259 g/mol. The van der Waals surface area contributed by atoms with Gasteiger partial charge < -0.3 is 5.11 Å². The molecule has 1 N–H and O–H groups in total. The molecule has 0 radical (unpaired) electrons. The van der Waals surface area contributed by atoms with Crippen molar-refractivity contribution in [2.45, 2.75) is 25.8 Å². The molecule has 0 amide bonds. The first kappa shape index (κ1) is 15.8. The van der Waals surface area contributed by atoms with Gasteiger partial charge in [0.15, 0.2) is 0 Å². The average Bonchev–Trinajstić information content (AvgIpc) is 2.38. The van der Waals surface area contributed by atoms with E-state index >= 15 is 0 Å². The van der Waals surface area contributed by atoms with Crippen LogP contribution in [0.5, 0.6) is 0 Å². The van der Waals surface area contributed by atoms with Crippen molar-refractivity contribution in [3.8, 4) is 0 Å². The van der Waals surface area contributed by atoms with Crippen LogP contribution >= 0.6 is 0 Å². The van der Waals surface area contributed by atoms with Crippen molar-refractivity contribution in [3.05, 3.63) is 0 Å². The summed E-state index contributed by atoms with van der Waals surface area (Å²) in [5.41, 5.74) is 0. The number of hydrogen-bond donors (Lipinski definition) is 1. The zero-order valence-electron chi connectivity index (χ0n) is 10.9. The van der Waals surface area contributed by atoms with E-state index in [0.29, 0.717) is 26.2 Å². The molecule has 7 heteroatoms. The van der Waals surface area contributed by atoms with Gasteiger partial charge in [-0.1, -0.05) is 6.92 Å². The second kappa shape index (κ2) is 7.37. The Hall–Kier alpha value is -0.240. The Balaban J connectivity index is 2.48. The largest absolute Gasteiger partial charge is 0.395 e. The third-order valence-corrected chi connectivity index (χ3v) is 5.36. The number of piperazine rings is 1. The van der Waals surface area contributed by atoms with Crippen LogP contribution in [0.1, 0.15) is 19.8 Å². The van der Waals surface area contributed by atoms with Gasteiger partial charge in [0, 0.05) is 32.2 Å². The Morgan fingerprint density at radius 1 is 1.28 bits per heavy atom. The van der Waals surface area contributed by atoms with Gasteiger partial charge in [-0.05, 0) is 12.8 Å². The van der Waals surface area contributed by atoms with E-state index in [4.69, 9.17) is 0 Å². The second-order valence-corrected chi connectivity index (χ2v) is 6.63. The normalized spacial score (nSPS) is 21.1. The molecule has 5 nitrogen and oxygen atoms in total. The van der Waals surface area contributed by atoms with Crippen molar-refractivity contribution in [1.82, 2.24) is 9.21 Å². The van der Waals surface area contributed by atoms with Crippen molar-refractivity contribution in [1.29, 1.82) is 0 Å². The van der Waals surface area contributed by atoms with Crippen LogP contribution < -0.4 is 0 Å². The van der Waals surface area contributed by atoms with Crippen LogP contribution in [-0.2, 0) is 10.0 Å². The molecule has 0 spiro atoms. The van der Waals surface area contributed by atoms with Gasteiger partial charge in [0.2, 0.25) is 10.0 Å². The summed E-state index contributed by atoms with van der Waals surface area (Å²) in [6.07, 6.45) is 0.919. The van der Waals surface area contributed by atoms with Crippen molar-refractivity contribution in [3.63, 3.8) is 0 Å². The van der Waals surface area contributed by atoms with E-state index in [1.807, 2.05) is 6.92 Å². The summed E-state index contributed by atoms with van der Waals surface area (Å²) < 4.78 is 37.2. The number of aliphatic hydroxyl groups is 1. The minimum absolute atomic E-state index is 0.0662. The predicted molar refractivity (Wildman–Crippen MR) is 68.7 cm³/mol. The standard InChI is InChI=1S/C11H23FN2O3S/c1-2-11(10-15)13-5-7-14(8-6-13)18(16,17)9-3-4-12/h11,15H,2-10H2,1H3/t11-/m1/s1. The van der Waals surface area contributed by atoms with Gasteiger partial charge in [0.05, 0.1) is 19.0 Å². The molecule has 0 unspecified atom stereocenters. The summed E-state index contributed by atoms with van der Waals surface area (Å²) in [6.45, 7) is 3.65. The fraction of sp³-hybridized carbons (Fsp3) is 1.00. The number of alkyl halides is 1. The third-order valence-electron chi connectivity index (χ3n) is 3.40. The van der Waals surface area contributed by atoms with E-state index in [9.17, 15) is 17.9 Å². The average molecular weight is 282 g/mol. The van der Waals surface area contributed by atoms with Crippen molar-refractivity contribution >= 4 is 10.0 Å². The molecule has 0 aromatic heterocycles. The second-order valence-electron chi connectivity index (χ2n) is 4.54. The maximum atomic E-state index is 12.0. The highest BCUT2D eigenvalue weighted by Crippen LogP contribution is 2.12. The van der Waals surface area contributed by atoms with Crippen molar-refractivity contribution < 1.29 is 17.9 Å². The fourth-order valence-corrected chi connectivity index (χ4v) is 3.67. The number of aliphatic hydroxyl groups excluding tert-OH is 1. The number of nitrogens with zero attached hydrogens (tertiary/aromatic N) is 2. The molecule has 1 fully saturated rings. The molecule has 1 heterocycles. The smallest absolute Gasteiger partial charge is 0.214 e. The van der Waals surface area contributed by atoms with Crippen molar-refractivity contribution in [2.24, 2.45) is 0 Å². The maximum Gasteiger partial charge on any atom is 0.214 e. The van der Waals surface area contributed by atoms with Crippen LogP contribution in [0.4, 0.5) is 4.39 Å². The number of hydrogen-bond acceptors (Lipinski definition) is 4. The Bertz CT molecular complexity index is 325. The lowest BCUT2D eigenvalue weighted by Gasteiger charge is -2.37. The molecule has 1 atom stereocenters. The minimum Gasteiger partial charge on any atom is -0.395 e. The molecule has 18 heavy (non-hydrogen) atoms. The highest BCUT2D eigenvalue weighted by Gasteiger charge is 2.28. The van der Waals surface area contributed by atoms with Gasteiger partial charge in [0.25, 0.3) is 0 Å². The zero-order valence-corrected chi connectivity index (χ0v) is 11.7. The lowest BCUT2D eigenvalue weighted by molar-refractivity contribution is 0.0881. The molecule has 1 saturated heterocycles. The molecule has 1 aliphatic heterocycles. The highest BCUT2D eigenvalue weighted by atomic mass is 32.2. The lowest BCUT2D eigenvalue weighted by atomic mass is 10.2. The van der Waals surface area contributed by atoms with Crippen molar-refractivity contribution in [2.75, 3.05) is 45.2 Å². The summed E-state index contributed by atoms with van der Waals surface area (Å²) >= 11 is 0. The molecule has 0 bridgehead atoms. The molecule has 0 aliphatic carbocycles. The van der Waals surface area contributed by atoms with Crippen LogP contribution in [0.15, 0.2) is 0 Å². The Labute approximate surface area is 109 Å². The topological polar surface area (TPSA) is 60.9 Å². The van der Waals surface area contributed by atoms with E-state index < -0.39 is 16.7 Å². The Morgan fingerprint density at radius 2 is 1.89 bits per heavy atom. The summed E-state index contributed by atoms with van der Waals surface area (Å²) in [6, 6.07) is 0.112. The number of halogens is 1. The Kier molecular flexibility index (Phi) is 6.48. The summed E-state index contributed by atoms with van der Waals surface area (Å²) in [4.78, 5) is 2.11. The summed E-state index contributed by atoms with van der Waals surface area (Å²) in [7, 11) is -3.30. The zero-order chi connectivity index (χ0) is 13.6. The highest BCUT2D eigenvalue weighted by molar-refractivity contribution is 7.89. The molecule has 0 aromatic carbocycles. The first-order valence-corrected chi connectivity index (χ1v) is 8.04. The molecule has 108 valence electrons. The Morgan fingerprint density at radius 3 is 2.33 bits per heavy atom. The van der Waals surface area contributed by atoms with Crippen LogP contribution in [0.3, 0.4) is 0 Å². The van der Waals surface area contributed by atoms with Gasteiger partial charge in [-0.2, -0.15) is 4.31 Å². The van der Waals surface area contributed by atoms with E-state index in [1.54, 1.807) is 0 Å². The lowest BCUT2D eigenvalue weighted by Crippen LogP contribution is -2.53. The van der Waals surface area contributed by atoms with Crippen LogP contribution in [-0.4, -0.2) is 74.0 Å². The minimum atomic E-state index is -3.30. The first-order chi connectivity index (χ1) is 8.55. The first-order valence-electron chi connectivity index (χ1n) is 6.43. The van der Waals surface area contributed by atoms with Gasteiger partial charge in [-0.25, -0.2) is 8.42 Å². The quantitative estimate of drug-likeness (QED) is 0.717. The molecule has 1 rings (SSSR count). The predicted octanol–water partition coefficient (Wildman–Crippen LogP) is 0.0643. The van der Waals surface area contributed by atoms with Gasteiger partial charge >= 0.3 is 0 Å². The maximum absolute atomic E-state index is 12.0.